The summed E-state index contributed by atoms with van der Waals surface area (Å²) in [4.78, 5) is 24.6. The number of benzene rings is 4. The van der Waals surface area contributed by atoms with E-state index < -0.39 is 0 Å². The Hall–Kier alpha value is -6.12. The minimum absolute atomic E-state index is 0.0390. The van der Waals surface area contributed by atoms with Crippen LogP contribution < -0.4 is 15.2 Å². The molecule has 3 aromatic carbocycles. The Bertz CT molecular complexity index is 2150. The summed E-state index contributed by atoms with van der Waals surface area (Å²) in [6.45, 7) is 14.9. The SMILES string of the molecule is CCN(CC)c1ccc2nc3c4ccccc4c(=O)cc-3oc2c1.[C-]#[N+]/C(C#N)=C1\C=C(C)OC(C=Cc2ccc(N(C)C)cc2)=C1. The van der Waals surface area contributed by atoms with Gasteiger partial charge >= 0.3 is 0 Å². The molecular weight excluding hydrogens is 586 g/mol. The average molecular weight is 622 g/mol. The van der Waals surface area contributed by atoms with Crippen molar-refractivity contribution in [2.45, 2.75) is 20.8 Å². The fourth-order valence-electron chi connectivity index (χ4n) is 5.29. The van der Waals surface area contributed by atoms with Crippen molar-refractivity contribution in [2.24, 2.45) is 0 Å². The predicted molar refractivity (Wildman–Crippen MR) is 190 cm³/mol. The molecule has 0 N–H and O–H groups in total. The van der Waals surface area contributed by atoms with Crippen LogP contribution in [0.5, 0.6) is 0 Å². The fourth-order valence-corrected chi connectivity index (χ4v) is 5.29. The van der Waals surface area contributed by atoms with Gasteiger partial charge in [-0.15, -0.1) is 0 Å². The Kier molecular flexibility index (Phi) is 9.84. The van der Waals surface area contributed by atoms with Gasteiger partial charge in [0.2, 0.25) is 0 Å². The zero-order valence-corrected chi connectivity index (χ0v) is 27.1. The molecule has 2 heterocycles. The molecule has 0 aromatic heterocycles. The molecule has 3 aromatic rings. The van der Waals surface area contributed by atoms with Crippen LogP contribution in [-0.4, -0.2) is 32.2 Å². The molecule has 0 bridgehead atoms. The highest BCUT2D eigenvalue weighted by Crippen LogP contribution is 2.31. The van der Waals surface area contributed by atoms with Gasteiger partial charge in [-0.3, -0.25) is 4.79 Å². The lowest BCUT2D eigenvalue weighted by molar-refractivity contribution is 0.318. The molecule has 0 unspecified atom stereocenters. The van der Waals surface area contributed by atoms with Crippen LogP contribution in [0, 0.1) is 17.9 Å². The van der Waals surface area contributed by atoms with Crippen molar-refractivity contribution in [3.05, 3.63) is 141 Å². The lowest BCUT2D eigenvalue weighted by atomic mass is 10.0. The van der Waals surface area contributed by atoms with E-state index in [2.05, 4.69) is 29.7 Å². The number of anilines is 2. The largest absolute Gasteiger partial charge is 0.462 e. The third kappa shape index (κ3) is 7.24. The lowest BCUT2D eigenvalue weighted by Crippen LogP contribution is -2.21. The molecule has 8 heteroatoms. The van der Waals surface area contributed by atoms with Gasteiger partial charge in [-0.05, 0) is 74.4 Å². The van der Waals surface area contributed by atoms with Gasteiger partial charge in [0.1, 0.15) is 22.7 Å². The van der Waals surface area contributed by atoms with E-state index in [4.69, 9.17) is 26.0 Å². The van der Waals surface area contributed by atoms with Gasteiger partial charge in [-0.1, -0.05) is 42.5 Å². The van der Waals surface area contributed by atoms with Gasteiger partial charge in [0.05, 0.1) is 12.6 Å². The van der Waals surface area contributed by atoms with Crippen molar-refractivity contribution in [2.75, 3.05) is 37.0 Å². The number of allylic oxidation sites excluding steroid dienone is 6. The van der Waals surface area contributed by atoms with E-state index in [1.807, 2.05) is 97.9 Å². The number of nitrogens with zero attached hydrogens (tertiary/aromatic N) is 5. The van der Waals surface area contributed by atoms with Crippen LogP contribution in [0.25, 0.3) is 44.2 Å². The van der Waals surface area contributed by atoms with E-state index in [9.17, 15) is 4.79 Å². The molecule has 0 amide bonds. The topological polar surface area (TPSA) is 87.0 Å². The van der Waals surface area contributed by atoms with Crippen LogP contribution >= 0.6 is 0 Å². The first kappa shape index (κ1) is 32.3. The van der Waals surface area contributed by atoms with E-state index >= 15 is 0 Å². The number of hydrogen-bond acceptors (Lipinski definition) is 7. The molecule has 0 spiro atoms. The Labute approximate surface area is 274 Å². The molecule has 8 nitrogen and oxygen atoms in total. The Balaban J connectivity index is 0.000000185. The van der Waals surface area contributed by atoms with E-state index in [0.717, 1.165) is 46.6 Å². The summed E-state index contributed by atoms with van der Waals surface area (Å²) in [6, 6.07) is 25.1. The van der Waals surface area contributed by atoms with Gasteiger partial charge in [-0.25, -0.2) is 15.1 Å². The highest BCUT2D eigenvalue weighted by molar-refractivity contribution is 5.96. The second-order valence-electron chi connectivity index (χ2n) is 11.1. The van der Waals surface area contributed by atoms with Gasteiger partial charge in [0.15, 0.2) is 16.8 Å². The number of aromatic nitrogens is 1. The average Bonchev–Trinajstić information content (AvgIpc) is 3.08. The third-order valence-corrected chi connectivity index (χ3v) is 7.74. The van der Waals surface area contributed by atoms with Gasteiger partial charge in [0.25, 0.3) is 5.70 Å². The highest BCUT2D eigenvalue weighted by Gasteiger charge is 2.16. The lowest BCUT2D eigenvalue weighted by Gasteiger charge is -2.21. The molecule has 1 aliphatic carbocycles. The summed E-state index contributed by atoms with van der Waals surface area (Å²) in [7, 11) is 4.00. The van der Waals surface area contributed by atoms with Crippen LogP contribution in [0.3, 0.4) is 0 Å². The number of ether oxygens (including phenoxy) is 1. The van der Waals surface area contributed by atoms with Crippen molar-refractivity contribution in [3.63, 3.8) is 0 Å². The first-order chi connectivity index (χ1) is 22.7. The summed E-state index contributed by atoms with van der Waals surface area (Å²) < 4.78 is 11.6. The summed E-state index contributed by atoms with van der Waals surface area (Å²) in [5, 5.41) is 10.5. The highest BCUT2D eigenvalue weighted by atomic mass is 16.5. The smallest absolute Gasteiger partial charge is 0.269 e. The van der Waals surface area contributed by atoms with Crippen LogP contribution in [-0.2, 0) is 4.74 Å². The van der Waals surface area contributed by atoms with Gasteiger partial charge < -0.3 is 19.0 Å². The summed E-state index contributed by atoms with van der Waals surface area (Å²) in [6.07, 6.45) is 7.17. The number of nitriles is 1. The van der Waals surface area contributed by atoms with Crippen LogP contribution in [0.2, 0.25) is 0 Å². The van der Waals surface area contributed by atoms with E-state index in [-0.39, 0.29) is 11.1 Å². The molecule has 234 valence electrons. The molecule has 0 atom stereocenters. The zero-order chi connectivity index (χ0) is 33.5. The molecule has 0 saturated carbocycles. The monoisotopic (exact) mass is 621 g/mol. The maximum Gasteiger partial charge on any atom is 0.269 e. The number of rotatable bonds is 6. The Morgan fingerprint density at radius 2 is 1.66 bits per heavy atom. The molecule has 6 rings (SSSR count). The molecule has 3 aliphatic rings. The van der Waals surface area contributed by atoms with E-state index in [1.54, 1.807) is 19.1 Å². The Morgan fingerprint density at radius 3 is 2.32 bits per heavy atom. The first-order valence-corrected chi connectivity index (χ1v) is 15.3. The molecular formula is C39H35N5O3. The predicted octanol–water partition coefficient (Wildman–Crippen LogP) is 8.57. The summed E-state index contributed by atoms with van der Waals surface area (Å²) >= 11 is 0. The van der Waals surface area contributed by atoms with Gasteiger partial charge in [-0.2, -0.15) is 0 Å². The van der Waals surface area contributed by atoms with Crippen LogP contribution in [0.4, 0.5) is 11.4 Å². The maximum absolute atomic E-state index is 12.3. The second-order valence-corrected chi connectivity index (χ2v) is 11.1. The standard InChI is InChI=1S/C20H18N2O2.C19H17N3O/c1-3-22(4-2)13-9-10-16-18(11-13)24-19-12-17(23)14-7-5-6-8-15(14)20(19)21-16;1-14-11-16(19(13-20)21-2)12-18(23-14)10-7-15-5-8-17(9-6-15)22(3)4/h5-12H,3-4H2,1-2H3;5-12H,1,3-4H3/b;10-7?,19-16+. The molecule has 2 aliphatic heterocycles. The van der Waals surface area contributed by atoms with Crippen molar-refractivity contribution in [3.8, 4) is 17.5 Å². The Morgan fingerprint density at radius 1 is 0.957 bits per heavy atom. The fraction of sp³-hybridized carbons (Fsp3) is 0.179. The van der Waals surface area contributed by atoms with Gasteiger partial charge in [0, 0.05) is 61.5 Å². The maximum atomic E-state index is 12.3. The van der Waals surface area contributed by atoms with Crippen molar-refractivity contribution in [1.82, 2.24) is 4.98 Å². The molecule has 0 fully saturated rings. The first-order valence-electron chi connectivity index (χ1n) is 15.3. The van der Waals surface area contributed by atoms with Crippen LogP contribution in [0.1, 0.15) is 26.3 Å². The molecule has 0 radical (unpaired) electrons. The van der Waals surface area contributed by atoms with Crippen LogP contribution in [0.15, 0.2) is 123 Å². The van der Waals surface area contributed by atoms with Crippen molar-refractivity contribution in [1.29, 1.82) is 5.26 Å². The summed E-state index contributed by atoms with van der Waals surface area (Å²) in [5.74, 6) is 1.79. The number of fused-ring (bicyclic) bond motifs is 4. The second kappa shape index (κ2) is 14.3. The molecule has 47 heavy (non-hydrogen) atoms. The van der Waals surface area contributed by atoms with Crippen molar-refractivity contribution >= 4 is 39.3 Å². The van der Waals surface area contributed by atoms with Crippen molar-refractivity contribution < 1.29 is 9.15 Å². The molecule has 0 saturated heterocycles. The minimum atomic E-state index is -0.0390. The van der Waals surface area contributed by atoms with E-state index in [1.165, 1.54) is 6.07 Å². The quantitative estimate of drug-likeness (QED) is 0.0812. The summed E-state index contributed by atoms with van der Waals surface area (Å²) in [5.41, 5.74) is 6.10. The minimum Gasteiger partial charge on any atom is -0.462 e. The zero-order valence-electron chi connectivity index (χ0n) is 27.1. The van der Waals surface area contributed by atoms with E-state index in [0.29, 0.717) is 33.8 Å². The third-order valence-electron chi connectivity index (χ3n) is 7.74. The normalized spacial score (nSPS) is 13.6. The number of hydrogen-bond donors (Lipinski definition) is 0.